The summed E-state index contributed by atoms with van der Waals surface area (Å²) in [5.41, 5.74) is 4.40. The van der Waals surface area contributed by atoms with Gasteiger partial charge >= 0.3 is 5.30 Å². The van der Waals surface area contributed by atoms with Crippen LogP contribution in [-0.4, -0.2) is 85.8 Å². The van der Waals surface area contributed by atoms with E-state index in [1.807, 2.05) is 46.9 Å². The quantitative estimate of drug-likeness (QED) is 0.226. The Hall–Kier alpha value is -3.13. The van der Waals surface area contributed by atoms with Crippen LogP contribution in [0.1, 0.15) is 32.3 Å². The van der Waals surface area contributed by atoms with Crippen LogP contribution in [0, 0.1) is 5.92 Å². The Balaban J connectivity index is 1.60. The fourth-order valence-corrected chi connectivity index (χ4v) is 6.52. The summed E-state index contributed by atoms with van der Waals surface area (Å²) in [6.45, 7) is 6.69. The predicted molar refractivity (Wildman–Crippen MR) is 156 cm³/mol. The second kappa shape index (κ2) is 14.0. The van der Waals surface area contributed by atoms with Gasteiger partial charge in [-0.1, -0.05) is 6.92 Å². The summed E-state index contributed by atoms with van der Waals surface area (Å²) >= 11 is 0. The number of methoxy groups -OCH3 is 3. The van der Waals surface area contributed by atoms with Crippen LogP contribution in [0.4, 0.5) is 16.6 Å². The van der Waals surface area contributed by atoms with E-state index in [1.165, 1.54) is 0 Å². The van der Waals surface area contributed by atoms with E-state index >= 15 is 0 Å². The molecule has 1 N–H and O–H groups in total. The van der Waals surface area contributed by atoms with E-state index < -0.39 is 10.7 Å². The largest absolute Gasteiger partial charge is 0.493 e. The Kier molecular flexibility index (Phi) is 10.4. The zero-order chi connectivity index (χ0) is 28.6. The molecule has 1 fully saturated rings. The first-order valence-corrected chi connectivity index (χ1v) is 14.6. The molecule has 0 aliphatic carbocycles. The van der Waals surface area contributed by atoms with Crippen molar-refractivity contribution in [2.75, 3.05) is 64.7 Å². The lowest BCUT2D eigenvalue weighted by Gasteiger charge is -2.34. The van der Waals surface area contributed by atoms with Crippen molar-refractivity contribution in [2.45, 2.75) is 39.3 Å². The Morgan fingerprint density at radius 2 is 1.98 bits per heavy atom. The summed E-state index contributed by atoms with van der Waals surface area (Å²) in [7, 11) is 5.83. The van der Waals surface area contributed by atoms with Crippen LogP contribution in [0.15, 0.2) is 24.4 Å². The monoisotopic (exact) mass is 576 g/mol. The summed E-state index contributed by atoms with van der Waals surface area (Å²) < 4.78 is 29.7. The van der Waals surface area contributed by atoms with Crippen LogP contribution in [0.3, 0.4) is 0 Å². The molecule has 0 radical (unpaired) electrons. The SMILES string of the molecule is CCOC(=O)S1=CC(C)CN1N(NCC1CCCO1)c1nccc(N(C)Cc2cc(OC)c(OC)c(OC)c2)n1. The van der Waals surface area contributed by atoms with Gasteiger partial charge in [0.2, 0.25) is 5.75 Å². The highest BCUT2D eigenvalue weighted by Crippen LogP contribution is 2.39. The molecule has 40 heavy (non-hydrogen) atoms. The number of rotatable bonds is 12. The number of nitrogens with zero attached hydrogens (tertiary/aromatic N) is 5. The number of carbonyl (C=O) groups excluding carboxylic acids is 1. The molecule has 3 heterocycles. The number of benzene rings is 1. The van der Waals surface area contributed by atoms with Crippen LogP contribution >= 0.6 is 10.7 Å². The average Bonchev–Trinajstić information content (AvgIpc) is 3.62. The normalized spacial score (nSPS) is 20.6. The Labute approximate surface area is 238 Å². The molecule has 1 aromatic heterocycles. The van der Waals surface area contributed by atoms with Gasteiger partial charge in [-0.2, -0.15) is 10.1 Å². The minimum absolute atomic E-state index is 0.0850. The van der Waals surface area contributed by atoms with Crippen molar-refractivity contribution in [3.63, 3.8) is 0 Å². The predicted octanol–water partition coefficient (Wildman–Crippen LogP) is 3.64. The number of hydrogen-bond acceptors (Lipinski definition) is 12. The van der Waals surface area contributed by atoms with Crippen molar-refractivity contribution in [3.8, 4) is 17.2 Å². The molecule has 0 bridgehead atoms. The molecule has 2 aliphatic rings. The molecule has 1 saturated heterocycles. The van der Waals surface area contributed by atoms with E-state index in [2.05, 4.69) is 17.3 Å². The minimum atomic E-state index is -0.896. The van der Waals surface area contributed by atoms with Crippen molar-refractivity contribution in [2.24, 2.45) is 5.92 Å². The number of nitrogens with one attached hydrogen (secondary N) is 1. The second-order valence-corrected chi connectivity index (χ2v) is 11.2. The number of hydrazine groups is 2. The van der Waals surface area contributed by atoms with Gasteiger partial charge < -0.3 is 28.6 Å². The highest BCUT2D eigenvalue weighted by Gasteiger charge is 2.33. The van der Waals surface area contributed by atoms with Crippen LogP contribution in [-0.2, 0) is 16.0 Å². The first kappa shape index (κ1) is 29.8. The molecule has 4 rings (SSSR count). The smallest absolute Gasteiger partial charge is 0.376 e. The molecule has 3 atom stereocenters. The summed E-state index contributed by atoms with van der Waals surface area (Å²) in [5.74, 6) is 3.03. The van der Waals surface area contributed by atoms with E-state index in [4.69, 9.17) is 28.7 Å². The molecule has 2 aromatic rings. The van der Waals surface area contributed by atoms with Crippen molar-refractivity contribution < 1.29 is 28.5 Å². The first-order valence-electron chi connectivity index (χ1n) is 13.4. The summed E-state index contributed by atoms with van der Waals surface area (Å²) in [6, 6.07) is 5.69. The molecule has 0 spiro atoms. The van der Waals surface area contributed by atoms with Crippen molar-refractivity contribution >= 4 is 33.1 Å². The molecule has 0 saturated carbocycles. The summed E-state index contributed by atoms with van der Waals surface area (Å²) in [4.78, 5) is 24.4. The third-order valence-electron chi connectivity index (χ3n) is 6.53. The Morgan fingerprint density at radius 1 is 1.23 bits per heavy atom. The highest BCUT2D eigenvalue weighted by atomic mass is 32.2. The van der Waals surface area contributed by atoms with Crippen molar-refractivity contribution in [3.05, 3.63) is 30.0 Å². The third kappa shape index (κ3) is 6.95. The molecule has 2 aliphatic heterocycles. The van der Waals surface area contributed by atoms with Gasteiger partial charge in [-0.05, 0) is 54.8 Å². The van der Waals surface area contributed by atoms with Gasteiger partial charge in [-0.15, -0.1) is 4.41 Å². The first-order chi connectivity index (χ1) is 19.4. The molecule has 13 heteroatoms. The van der Waals surface area contributed by atoms with Crippen LogP contribution in [0.2, 0.25) is 0 Å². The van der Waals surface area contributed by atoms with Crippen LogP contribution < -0.4 is 29.7 Å². The second-order valence-electron chi connectivity index (χ2n) is 9.56. The van der Waals surface area contributed by atoms with Gasteiger partial charge in [0.25, 0.3) is 5.95 Å². The van der Waals surface area contributed by atoms with Gasteiger partial charge in [0.05, 0.1) is 34.0 Å². The fraction of sp³-hybridized carbons (Fsp3) is 0.556. The van der Waals surface area contributed by atoms with E-state index in [-0.39, 0.29) is 17.3 Å². The van der Waals surface area contributed by atoms with Crippen LogP contribution in [0.5, 0.6) is 17.2 Å². The molecular formula is C27H40N6O6S. The standard InChI is InChI=1S/C27H40N6O6S/c1-7-38-27(34)40-18-19(2)16-32(40)33(29-15-21-9-8-12-39-21)26-28-11-10-24(30-26)31(3)17-20-13-22(35-4)25(37-6)23(14-20)36-5/h10-11,13-14,18-19,21,29H,7-9,12,15-17H2,1-6H3. The number of hydrogen-bond donors (Lipinski definition) is 1. The number of ether oxygens (including phenoxy) is 5. The minimum Gasteiger partial charge on any atom is -0.493 e. The highest BCUT2D eigenvalue weighted by molar-refractivity contribution is 8.25. The summed E-state index contributed by atoms with van der Waals surface area (Å²) in [5, 5.41) is 3.55. The molecule has 220 valence electrons. The Bertz CT molecular complexity index is 1170. The van der Waals surface area contributed by atoms with Gasteiger partial charge in [-0.25, -0.2) is 15.2 Å². The van der Waals surface area contributed by atoms with Gasteiger partial charge in [0, 0.05) is 50.2 Å². The number of anilines is 2. The lowest BCUT2D eigenvalue weighted by atomic mass is 10.1. The molecular weight excluding hydrogens is 536 g/mol. The van der Waals surface area contributed by atoms with E-state index in [0.717, 1.165) is 25.0 Å². The lowest BCUT2D eigenvalue weighted by molar-refractivity contribution is 0.106. The molecule has 3 unspecified atom stereocenters. The Morgan fingerprint density at radius 3 is 2.60 bits per heavy atom. The van der Waals surface area contributed by atoms with E-state index in [9.17, 15) is 4.79 Å². The fourth-order valence-electron chi connectivity index (χ4n) is 4.63. The number of aromatic nitrogens is 2. The summed E-state index contributed by atoms with van der Waals surface area (Å²) in [6.07, 6.45) is 3.81. The number of carbonyl (C=O) groups is 1. The third-order valence-corrected chi connectivity index (χ3v) is 8.48. The van der Waals surface area contributed by atoms with Gasteiger partial charge in [0.15, 0.2) is 11.5 Å². The maximum Gasteiger partial charge on any atom is 0.376 e. The van der Waals surface area contributed by atoms with Crippen molar-refractivity contribution in [1.82, 2.24) is 19.8 Å². The van der Waals surface area contributed by atoms with Gasteiger partial charge in [-0.3, -0.25) is 0 Å². The van der Waals surface area contributed by atoms with Gasteiger partial charge in [0.1, 0.15) is 5.82 Å². The van der Waals surface area contributed by atoms with E-state index in [0.29, 0.717) is 55.3 Å². The lowest BCUT2D eigenvalue weighted by Crippen LogP contribution is -2.52. The maximum absolute atomic E-state index is 12.9. The zero-order valence-corrected chi connectivity index (χ0v) is 24.9. The maximum atomic E-state index is 12.9. The average molecular weight is 577 g/mol. The molecule has 12 nitrogen and oxygen atoms in total. The topological polar surface area (TPSA) is 111 Å². The van der Waals surface area contributed by atoms with E-state index in [1.54, 1.807) is 32.6 Å². The van der Waals surface area contributed by atoms with Crippen molar-refractivity contribution in [1.29, 1.82) is 0 Å². The molecule has 0 amide bonds. The zero-order valence-electron chi connectivity index (χ0n) is 24.1. The van der Waals surface area contributed by atoms with Crippen LogP contribution in [0.25, 0.3) is 0 Å². The molecule has 1 aromatic carbocycles.